The van der Waals surface area contributed by atoms with Gasteiger partial charge in [-0.25, -0.2) is 13.2 Å². The van der Waals surface area contributed by atoms with E-state index in [0.717, 1.165) is 6.08 Å². The summed E-state index contributed by atoms with van der Waals surface area (Å²) in [6, 6.07) is 0. The first-order valence-electron chi connectivity index (χ1n) is 3.26. The smallest absolute Gasteiger partial charge is 0.333 e. The quantitative estimate of drug-likeness (QED) is 0.620. The lowest BCUT2D eigenvalue weighted by atomic mass is 10.6. The molecule has 0 fully saturated rings. The van der Waals surface area contributed by atoms with Gasteiger partial charge in [0.25, 0.3) is 0 Å². The number of esters is 1. The fourth-order valence-electron chi connectivity index (χ4n) is 0.773. The Bertz CT molecular complexity index is 329. The lowest BCUT2D eigenvalue weighted by Crippen LogP contribution is -2.24. The number of sulfone groups is 1. The molecule has 1 atom stereocenters. The summed E-state index contributed by atoms with van der Waals surface area (Å²) in [6.07, 6.45) is 0.972. The van der Waals surface area contributed by atoms with Gasteiger partial charge in [-0.1, -0.05) is 18.5 Å². The zero-order chi connectivity index (χ0) is 9.35. The Morgan fingerprint density at radius 3 is 2.58 bits per heavy atom. The van der Waals surface area contributed by atoms with E-state index in [1.807, 2.05) is 0 Å². The van der Waals surface area contributed by atoms with Crippen molar-refractivity contribution in [1.82, 2.24) is 0 Å². The summed E-state index contributed by atoms with van der Waals surface area (Å²) < 4.78 is 26.8. The van der Waals surface area contributed by atoms with Gasteiger partial charge in [0.05, 0.1) is 10.8 Å². The second-order valence-electron chi connectivity index (χ2n) is 2.25. The van der Waals surface area contributed by atoms with Crippen molar-refractivity contribution in [2.24, 2.45) is 0 Å². The Balaban J connectivity index is 2.95. The third-order valence-electron chi connectivity index (χ3n) is 1.43. The number of hydrogen-bond acceptors (Lipinski definition) is 4. The second kappa shape index (κ2) is 3.06. The minimum absolute atomic E-state index is 0.0677. The van der Waals surface area contributed by atoms with Crippen LogP contribution in [0.25, 0.3) is 0 Å². The lowest BCUT2D eigenvalue weighted by Gasteiger charge is -2.09. The van der Waals surface area contributed by atoms with E-state index in [-0.39, 0.29) is 10.8 Å². The highest BCUT2D eigenvalue weighted by atomic mass is 35.5. The van der Waals surface area contributed by atoms with Gasteiger partial charge in [-0.3, -0.25) is 0 Å². The molecule has 0 spiro atoms. The second-order valence-corrected chi connectivity index (χ2v) is 5.02. The Labute approximate surface area is 75.1 Å². The molecule has 0 saturated carbocycles. The van der Waals surface area contributed by atoms with Crippen LogP contribution in [0.5, 0.6) is 0 Å². The molecule has 0 aromatic carbocycles. The highest BCUT2D eigenvalue weighted by Gasteiger charge is 2.35. The molecule has 6 heteroatoms. The first-order valence-corrected chi connectivity index (χ1v) is 5.36. The number of cyclic esters (lactones) is 1. The van der Waals surface area contributed by atoms with E-state index in [4.69, 9.17) is 11.6 Å². The molecule has 1 aliphatic rings. The van der Waals surface area contributed by atoms with Crippen LogP contribution in [0.4, 0.5) is 0 Å². The summed E-state index contributed by atoms with van der Waals surface area (Å²) in [5, 5.41) is -0.0677. The molecule has 0 aromatic heterocycles. The molecule has 4 nitrogen and oxygen atoms in total. The van der Waals surface area contributed by atoms with Gasteiger partial charge < -0.3 is 4.74 Å². The average molecular weight is 211 g/mol. The first-order chi connectivity index (χ1) is 5.47. The molecule has 1 heterocycles. The maximum absolute atomic E-state index is 11.2. The highest BCUT2D eigenvalue weighted by Crippen LogP contribution is 2.24. The molecular formula is C6H7ClO4S. The van der Waals surface area contributed by atoms with Crippen molar-refractivity contribution in [2.75, 3.05) is 5.75 Å². The average Bonchev–Trinajstić information content (AvgIpc) is 2.31. The van der Waals surface area contributed by atoms with Crippen LogP contribution in [0.2, 0.25) is 0 Å². The fraction of sp³-hybridized carbons (Fsp3) is 0.500. The maximum Gasteiger partial charge on any atom is 0.333 e. The van der Waals surface area contributed by atoms with Gasteiger partial charge in [-0.05, 0) is 0 Å². The van der Waals surface area contributed by atoms with E-state index in [9.17, 15) is 13.2 Å². The minimum Gasteiger partial charge on any atom is -0.437 e. The fourth-order valence-corrected chi connectivity index (χ4v) is 2.27. The van der Waals surface area contributed by atoms with Gasteiger partial charge in [-0.2, -0.15) is 0 Å². The summed E-state index contributed by atoms with van der Waals surface area (Å²) >= 11 is 5.47. The molecule has 1 aliphatic heterocycles. The predicted octanol–water partition coefficient (Wildman–Crippen LogP) is 0.427. The van der Waals surface area contributed by atoms with Gasteiger partial charge in [0, 0.05) is 6.08 Å². The van der Waals surface area contributed by atoms with Crippen molar-refractivity contribution >= 4 is 27.4 Å². The number of carbonyl (C=O) groups is 1. The first kappa shape index (κ1) is 9.54. The van der Waals surface area contributed by atoms with Gasteiger partial charge in [0.2, 0.25) is 5.44 Å². The van der Waals surface area contributed by atoms with Gasteiger partial charge in [-0.15, -0.1) is 0 Å². The Kier molecular flexibility index (Phi) is 2.44. The topological polar surface area (TPSA) is 60.4 Å². The summed E-state index contributed by atoms with van der Waals surface area (Å²) in [6.45, 7) is 1.46. The van der Waals surface area contributed by atoms with Crippen molar-refractivity contribution in [2.45, 2.75) is 12.4 Å². The van der Waals surface area contributed by atoms with E-state index in [1.165, 1.54) is 6.92 Å². The van der Waals surface area contributed by atoms with E-state index in [0.29, 0.717) is 0 Å². The van der Waals surface area contributed by atoms with E-state index < -0.39 is 21.2 Å². The van der Waals surface area contributed by atoms with E-state index in [2.05, 4.69) is 4.74 Å². The third-order valence-corrected chi connectivity index (χ3v) is 3.68. The minimum atomic E-state index is -3.42. The van der Waals surface area contributed by atoms with Crippen LogP contribution in [0.3, 0.4) is 0 Å². The van der Waals surface area contributed by atoms with Gasteiger partial charge in [0.1, 0.15) is 0 Å². The standard InChI is InChI=1S/C6H7ClO4S/c1-2-12(9,10)6-4(7)3-5(8)11-6/h3,6H,2H2,1H3. The summed E-state index contributed by atoms with van der Waals surface area (Å²) in [4.78, 5) is 10.6. The number of halogens is 1. The molecule has 0 N–H and O–H groups in total. The van der Waals surface area contributed by atoms with Crippen LogP contribution in [0, 0.1) is 0 Å². The monoisotopic (exact) mass is 210 g/mol. The SMILES string of the molecule is CCS(=O)(=O)C1OC(=O)C=C1Cl. The number of carbonyl (C=O) groups excluding carboxylic acids is 1. The van der Waals surface area contributed by atoms with Crippen molar-refractivity contribution in [1.29, 1.82) is 0 Å². The van der Waals surface area contributed by atoms with Crippen molar-refractivity contribution in [3.05, 3.63) is 11.1 Å². The van der Waals surface area contributed by atoms with Crippen LogP contribution in [-0.4, -0.2) is 25.6 Å². The molecule has 12 heavy (non-hydrogen) atoms. The zero-order valence-corrected chi connectivity index (χ0v) is 7.85. The van der Waals surface area contributed by atoms with Crippen LogP contribution in [0.15, 0.2) is 11.1 Å². The molecule has 68 valence electrons. The largest absolute Gasteiger partial charge is 0.437 e. The Morgan fingerprint density at radius 1 is 1.67 bits per heavy atom. The van der Waals surface area contributed by atoms with Crippen LogP contribution in [-0.2, 0) is 19.4 Å². The van der Waals surface area contributed by atoms with Crippen LogP contribution in [0.1, 0.15) is 6.92 Å². The summed E-state index contributed by atoms with van der Waals surface area (Å²) in [5.74, 6) is -0.809. The molecule has 0 aliphatic carbocycles. The summed E-state index contributed by atoms with van der Waals surface area (Å²) in [7, 11) is -3.42. The molecule has 1 rings (SSSR count). The highest BCUT2D eigenvalue weighted by molar-refractivity contribution is 7.92. The molecule has 0 saturated heterocycles. The molecule has 0 amide bonds. The molecule has 0 bridgehead atoms. The van der Waals surface area contributed by atoms with Gasteiger partial charge >= 0.3 is 5.97 Å². The predicted molar refractivity (Wildman–Crippen MR) is 43.3 cm³/mol. The lowest BCUT2D eigenvalue weighted by molar-refractivity contribution is -0.136. The maximum atomic E-state index is 11.2. The van der Waals surface area contributed by atoms with Gasteiger partial charge in [0.15, 0.2) is 9.84 Å². The van der Waals surface area contributed by atoms with Crippen molar-refractivity contribution in [3.63, 3.8) is 0 Å². The van der Waals surface area contributed by atoms with Crippen LogP contribution < -0.4 is 0 Å². The Morgan fingerprint density at radius 2 is 2.25 bits per heavy atom. The van der Waals surface area contributed by atoms with E-state index in [1.54, 1.807) is 0 Å². The molecule has 0 aromatic rings. The molecule has 1 unspecified atom stereocenters. The number of ether oxygens (including phenoxy) is 1. The third kappa shape index (κ3) is 1.61. The van der Waals surface area contributed by atoms with Crippen molar-refractivity contribution in [3.8, 4) is 0 Å². The normalized spacial score (nSPS) is 23.7. The number of hydrogen-bond donors (Lipinski definition) is 0. The molecule has 0 radical (unpaired) electrons. The van der Waals surface area contributed by atoms with Crippen LogP contribution >= 0.6 is 11.6 Å². The Hall–Kier alpha value is -0.550. The number of rotatable bonds is 2. The molecular weight excluding hydrogens is 204 g/mol. The van der Waals surface area contributed by atoms with Crippen molar-refractivity contribution < 1.29 is 17.9 Å². The zero-order valence-electron chi connectivity index (χ0n) is 6.28. The summed E-state index contributed by atoms with van der Waals surface area (Å²) in [5.41, 5.74) is -1.28. The van der Waals surface area contributed by atoms with E-state index >= 15 is 0 Å².